The first-order valence-electron chi connectivity index (χ1n) is 17.4. The van der Waals surface area contributed by atoms with Crippen LogP contribution in [0.2, 0.25) is 0 Å². The molecule has 0 amide bonds. The lowest BCUT2D eigenvalue weighted by Crippen LogP contribution is -1.97. The van der Waals surface area contributed by atoms with Crippen molar-refractivity contribution >= 4 is 11.9 Å². The van der Waals surface area contributed by atoms with E-state index in [0.29, 0.717) is 5.82 Å². The molecule has 0 spiro atoms. The maximum Gasteiger partial charge on any atom is 0.159 e. The van der Waals surface area contributed by atoms with Crippen molar-refractivity contribution < 1.29 is 4.74 Å². The standard InChI is InChI=1S/C40H52N4O/c1-2-3-4-5-6-7-8-9-10-11-12-13-14-15-16-17-30-45-39-24-18-34(19-25-39)31-42-38-22-20-35(21-23-38)37-32-43-40(44-33-37)36-26-28-41-29-27-36/h18-29,31-33H,2-17,30H2,1H3/b42-31-. The lowest BCUT2D eigenvalue weighted by molar-refractivity contribution is 0.304. The minimum atomic E-state index is 0.694. The van der Waals surface area contributed by atoms with E-state index in [9.17, 15) is 0 Å². The van der Waals surface area contributed by atoms with Crippen molar-refractivity contribution in [2.24, 2.45) is 4.99 Å². The second-order valence-electron chi connectivity index (χ2n) is 12.1. The Kier molecular flexibility index (Phi) is 15.9. The van der Waals surface area contributed by atoms with Crippen molar-refractivity contribution in [1.82, 2.24) is 15.0 Å². The number of aliphatic imine (C=N–C) groups is 1. The number of pyridine rings is 1. The third-order valence-electron chi connectivity index (χ3n) is 8.30. The van der Waals surface area contributed by atoms with Gasteiger partial charge in [0, 0.05) is 42.1 Å². The highest BCUT2D eigenvalue weighted by Gasteiger charge is 2.03. The first-order valence-corrected chi connectivity index (χ1v) is 17.4. The summed E-state index contributed by atoms with van der Waals surface area (Å²) in [6.07, 6.45) is 31.2. The second kappa shape index (κ2) is 21.0. The van der Waals surface area contributed by atoms with Crippen LogP contribution in [-0.2, 0) is 0 Å². The molecule has 0 radical (unpaired) electrons. The van der Waals surface area contributed by atoms with E-state index in [1.807, 2.05) is 67.1 Å². The van der Waals surface area contributed by atoms with E-state index in [0.717, 1.165) is 46.7 Å². The predicted octanol–water partition coefficient (Wildman–Crippen LogP) is 11.6. The van der Waals surface area contributed by atoms with Gasteiger partial charge in [-0.3, -0.25) is 9.98 Å². The van der Waals surface area contributed by atoms with Crippen LogP contribution in [0.5, 0.6) is 5.75 Å². The summed E-state index contributed by atoms with van der Waals surface area (Å²) in [5.74, 6) is 1.62. The monoisotopic (exact) mass is 604 g/mol. The van der Waals surface area contributed by atoms with Crippen molar-refractivity contribution in [3.05, 3.63) is 91.0 Å². The van der Waals surface area contributed by atoms with Crippen LogP contribution in [0.15, 0.2) is 90.4 Å². The molecule has 0 unspecified atom stereocenters. The maximum absolute atomic E-state index is 5.97. The number of nitrogens with zero attached hydrogens (tertiary/aromatic N) is 4. The topological polar surface area (TPSA) is 60.3 Å². The van der Waals surface area contributed by atoms with Crippen LogP contribution in [0.1, 0.15) is 115 Å². The molecule has 0 aliphatic heterocycles. The van der Waals surface area contributed by atoms with Gasteiger partial charge in [0.2, 0.25) is 0 Å². The van der Waals surface area contributed by atoms with Gasteiger partial charge >= 0.3 is 0 Å². The first-order chi connectivity index (χ1) is 22.3. The van der Waals surface area contributed by atoms with Gasteiger partial charge in [-0.15, -0.1) is 0 Å². The molecule has 5 heteroatoms. The number of rotatable bonds is 22. The lowest BCUT2D eigenvalue weighted by atomic mass is 10.0. The van der Waals surface area contributed by atoms with Gasteiger partial charge in [-0.05, 0) is 66.1 Å². The normalized spacial score (nSPS) is 11.3. The van der Waals surface area contributed by atoms with E-state index in [2.05, 4.69) is 39.0 Å². The minimum absolute atomic E-state index is 0.694. The number of unbranched alkanes of at least 4 members (excludes halogenated alkanes) is 15. The van der Waals surface area contributed by atoms with Crippen molar-refractivity contribution in [3.63, 3.8) is 0 Å². The molecule has 45 heavy (non-hydrogen) atoms. The van der Waals surface area contributed by atoms with Crippen LogP contribution in [0.3, 0.4) is 0 Å². The fraction of sp³-hybridized carbons (Fsp3) is 0.450. The highest BCUT2D eigenvalue weighted by Crippen LogP contribution is 2.23. The average molecular weight is 605 g/mol. The van der Waals surface area contributed by atoms with E-state index in [4.69, 9.17) is 4.74 Å². The summed E-state index contributed by atoms with van der Waals surface area (Å²) in [6.45, 7) is 3.08. The Morgan fingerprint density at radius 3 is 1.64 bits per heavy atom. The lowest BCUT2D eigenvalue weighted by Gasteiger charge is -2.07. The van der Waals surface area contributed by atoms with E-state index in [-0.39, 0.29) is 0 Å². The molecular formula is C40H52N4O. The van der Waals surface area contributed by atoms with Crippen molar-refractivity contribution in [2.75, 3.05) is 6.61 Å². The zero-order chi connectivity index (χ0) is 31.2. The smallest absolute Gasteiger partial charge is 0.159 e. The van der Waals surface area contributed by atoms with Crippen LogP contribution in [0.25, 0.3) is 22.5 Å². The van der Waals surface area contributed by atoms with Crippen molar-refractivity contribution in [3.8, 4) is 28.3 Å². The number of ether oxygens (including phenoxy) is 1. The second-order valence-corrected chi connectivity index (χ2v) is 12.1. The fourth-order valence-electron chi connectivity index (χ4n) is 5.51. The number of hydrogen-bond acceptors (Lipinski definition) is 5. The van der Waals surface area contributed by atoms with E-state index in [1.54, 1.807) is 12.4 Å². The molecule has 0 fully saturated rings. The minimum Gasteiger partial charge on any atom is -0.494 e. The number of aromatic nitrogens is 3. The summed E-state index contributed by atoms with van der Waals surface area (Å²) < 4.78 is 5.97. The molecule has 0 atom stereocenters. The fourth-order valence-corrected chi connectivity index (χ4v) is 5.51. The van der Waals surface area contributed by atoms with Gasteiger partial charge in [0.05, 0.1) is 12.3 Å². The summed E-state index contributed by atoms with van der Waals surface area (Å²) in [5, 5.41) is 0. The molecular weight excluding hydrogens is 552 g/mol. The quantitative estimate of drug-likeness (QED) is 0.0661. The summed E-state index contributed by atoms with van der Waals surface area (Å²) in [4.78, 5) is 17.7. The third-order valence-corrected chi connectivity index (χ3v) is 8.30. The Labute approximate surface area is 271 Å². The Morgan fingerprint density at radius 2 is 1.09 bits per heavy atom. The van der Waals surface area contributed by atoms with Crippen LogP contribution < -0.4 is 4.74 Å². The van der Waals surface area contributed by atoms with Gasteiger partial charge in [0.1, 0.15) is 5.75 Å². The van der Waals surface area contributed by atoms with Crippen molar-refractivity contribution in [1.29, 1.82) is 0 Å². The van der Waals surface area contributed by atoms with Crippen LogP contribution in [0.4, 0.5) is 5.69 Å². The molecule has 238 valence electrons. The summed E-state index contributed by atoms with van der Waals surface area (Å²) in [5.41, 5.74) is 4.93. The Balaban J connectivity index is 1.03. The van der Waals surface area contributed by atoms with Gasteiger partial charge in [-0.25, -0.2) is 9.97 Å². The molecule has 0 saturated carbocycles. The van der Waals surface area contributed by atoms with Crippen LogP contribution in [-0.4, -0.2) is 27.8 Å². The van der Waals surface area contributed by atoms with E-state index < -0.39 is 0 Å². The van der Waals surface area contributed by atoms with Crippen LogP contribution in [0, 0.1) is 0 Å². The highest BCUT2D eigenvalue weighted by atomic mass is 16.5. The van der Waals surface area contributed by atoms with Gasteiger partial charge in [-0.2, -0.15) is 0 Å². The number of benzene rings is 2. The third kappa shape index (κ3) is 13.3. The van der Waals surface area contributed by atoms with Gasteiger partial charge in [0.25, 0.3) is 0 Å². The Morgan fingerprint density at radius 1 is 0.556 bits per heavy atom. The zero-order valence-corrected chi connectivity index (χ0v) is 27.4. The molecule has 2 aromatic carbocycles. The molecule has 0 saturated heterocycles. The zero-order valence-electron chi connectivity index (χ0n) is 27.4. The summed E-state index contributed by atoms with van der Waals surface area (Å²) >= 11 is 0. The van der Waals surface area contributed by atoms with E-state index >= 15 is 0 Å². The molecule has 5 nitrogen and oxygen atoms in total. The molecule has 4 rings (SSSR count). The largest absolute Gasteiger partial charge is 0.494 e. The van der Waals surface area contributed by atoms with Crippen LogP contribution >= 0.6 is 0 Å². The van der Waals surface area contributed by atoms with Crippen molar-refractivity contribution in [2.45, 2.75) is 110 Å². The molecule has 2 heterocycles. The Hall–Kier alpha value is -3.86. The van der Waals surface area contributed by atoms with E-state index in [1.165, 1.54) is 96.3 Å². The summed E-state index contributed by atoms with van der Waals surface area (Å²) in [7, 11) is 0. The van der Waals surface area contributed by atoms with Gasteiger partial charge in [-0.1, -0.05) is 115 Å². The average Bonchev–Trinajstić information content (AvgIpc) is 3.10. The molecule has 0 aliphatic carbocycles. The molecule has 0 aliphatic rings. The van der Waals surface area contributed by atoms with Gasteiger partial charge in [0.15, 0.2) is 5.82 Å². The SMILES string of the molecule is CCCCCCCCCCCCCCCCCCOc1ccc(/C=N\c2ccc(-c3cnc(-c4ccncc4)nc3)cc2)cc1. The maximum atomic E-state index is 5.97. The first kappa shape index (κ1) is 34.0. The molecule has 4 aromatic rings. The molecule has 0 bridgehead atoms. The van der Waals surface area contributed by atoms with Gasteiger partial charge < -0.3 is 4.74 Å². The highest BCUT2D eigenvalue weighted by molar-refractivity contribution is 5.82. The Bertz CT molecular complexity index is 1340. The molecule has 0 N–H and O–H groups in total. The number of hydrogen-bond donors (Lipinski definition) is 0. The summed E-state index contributed by atoms with van der Waals surface area (Å²) in [6, 6.07) is 20.1. The predicted molar refractivity (Wildman–Crippen MR) is 189 cm³/mol. The molecule has 2 aromatic heterocycles.